The van der Waals surface area contributed by atoms with Crippen LogP contribution in [0.5, 0.6) is 0 Å². The average molecular weight is 967 g/mol. The van der Waals surface area contributed by atoms with Crippen LogP contribution in [-0.2, 0) is 0 Å². The van der Waals surface area contributed by atoms with Gasteiger partial charge in [-0.15, -0.1) is 0 Å². The summed E-state index contributed by atoms with van der Waals surface area (Å²) in [5, 5.41) is 12.6. The van der Waals surface area contributed by atoms with E-state index in [0.29, 0.717) is 0 Å². The van der Waals surface area contributed by atoms with E-state index in [-0.39, 0.29) is 0 Å². The second-order valence-electron chi connectivity index (χ2n) is 13.0. The molecule has 0 bridgehead atoms. The van der Waals surface area contributed by atoms with Gasteiger partial charge in [0.1, 0.15) is 0 Å². The minimum atomic E-state index is -0.446. The van der Waals surface area contributed by atoms with Gasteiger partial charge in [0.05, 0.1) is 0 Å². The molecule has 0 spiro atoms. The van der Waals surface area contributed by atoms with Crippen LogP contribution in [0.3, 0.4) is 0 Å². The van der Waals surface area contributed by atoms with Crippen molar-refractivity contribution in [2.45, 2.75) is 83.1 Å². The predicted octanol–water partition coefficient (Wildman–Crippen LogP) is 16.5. The zero-order valence-corrected chi connectivity index (χ0v) is 46.5. The van der Waals surface area contributed by atoms with E-state index in [1.165, 1.54) is 47.7 Å². The number of rotatable bonds is 9. The van der Waals surface area contributed by atoms with E-state index in [4.69, 9.17) is 0 Å². The molecule has 0 aliphatic carbocycles. The molecule has 69 heavy (non-hydrogen) atoms. The van der Waals surface area contributed by atoms with Crippen LogP contribution in [0.2, 0.25) is 0 Å². The van der Waals surface area contributed by atoms with Crippen molar-refractivity contribution in [3.63, 3.8) is 0 Å². The Labute approximate surface area is 425 Å². The lowest BCUT2D eigenvalue weighted by Crippen LogP contribution is -2.20. The summed E-state index contributed by atoms with van der Waals surface area (Å²) >= 11 is 0. The molecule has 9 aromatic carbocycles. The first kappa shape index (κ1) is 61.3. The highest BCUT2D eigenvalue weighted by molar-refractivity contribution is 7.80. The lowest BCUT2D eigenvalue weighted by Gasteiger charge is -2.18. The van der Waals surface area contributed by atoms with Crippen LogP contribution >= 0.6 is 23.8 Å². The zero-order valence-electron chi connectivity index (χ0n) is 43.8. The van der Waals surface area contributed by atoms with E-state index >= 15 is 0 Å². The van der Waals surface area contributed by atoms with Crippen molar-refractivity contribution >= 4 is 71.5 Å². The Morgan fingerprint density at radius 2 is 0.203 bits per heavy atom. The van der Waals surface area contributed by atoms with E-state index in [1.807, 2.05) is 83.1 Å². The van der Waals surface area contributed by atoms with Crippen LogP contribution in [0.4, 0.5) is 0 Å². The molecule has 0 radical (unpaired) electrons. The summed E-state index contributed by atoms with van der Waals surface area (Å²) in [6, 6.07) is 97.0. The van der Waals surface area contributed by atoms with Gasteiger partial charge in [0.25, 0.3) is 0 Å². The second-order valence-corrected chi connectivity index (χ2v) is 19.7. The van der Waals surface area contributed by atoms with Gasteiger partial charge in [-0.3, -0.25) is 0 Å². The molecule has 0 atom stereocenters. The summed E-state index contributed by atoms with van der Waals surface area (Å²) < 4.78 is 0. The van der Waals surface area contributed by atoms with E-state index in [1.54, 1.807) is 0 Å². The standard InChI is InChI=1S/3C18H15P.6C2H6/c3*1-4-10-16(11-5-1)19(17-12-6-2-7-13-17)18-14-8-3-9-15-18;6*1-2/h3*1-15H;6*1-2H3. The fourth-order valence-corrected chi connectivity index (χ4v) is 13.5. The largest absolute Gasteiger partial charge is 0.0683 e. The maximum Gasteiger partial charge on any atom is -0.0134 e. The first-order valence-corrected chi connectivity index (χ1v) is 29.2. The molecule has 0 amide bonds. The molecule has 0 saturated heterocycles. The summed E-state index contributed by atoms with van der Waals surface area (Å²) in [7, 11) is -1.34. The lowest BCUT2D eigenvalue weighted by molar-refractivity contribution is 1.50. The molecular weight excluding hydrogens is 886 g/mol. The van der Waals surface area contributed by atoms with E-state index < -0.39 is 23.8 Å². The van der Waals surface area contributed by atoms with Crippen molar-refractivity contribution < 1.29 is 0 Å². The second kappa shape index (κ2) is 41.3. The van der Waals surface area contributed by atoms with E-state index in [2.05, 4.69) is 273 Å². The van der Waals surface area contributed by atoms with Gasteiger partial charge in [0.15, 0.2) is 0 Å². The highest BCUT2D eigenvalue weighted by Gasteiger charge is 2.17. The van der Waals surface area contributed by atoms with Crippen molar-refractivity contribution in [1.82, 2.24) is 0 Å². The van der Waals surface area contributed by atoms with Crippen LogP contribution in [0.1, 0.15) is 83.1 Å². The Morgan fingerprint density at radius 1 is 0.130 bits per heavy atom. The van der Waals surface area contributed by atoms with Gasteiger partial charge >= 0.3 is 0 Å². The molecule has 0 fully saturated rings. The van der Waals surface area contributed by atoms with Crippen LogP contribution < -0.4 is 47.7 Å². The third kappa shape index (κ3) is 21.6. The van der Waals surface area contributed by atoms with Gasteiger partial charge < -0.3 is 0 Å². The Morgan fingerprint density at radius 3 is 0.275 bits per heavy atom. The van der Waals surface area contributed by atoms with Gasteiger partial charge in [-0.05, 0) is 71.5 Å². The Kier molecular flexibility index (Phi) is 36.6. The molecule has 360 valence electrons. The van der Waals surface area contributed by atoms with Gasteiger partial charge in [-0.2, -0.15) is 0 Å². The van der Waals surface area contributed by atoms with Crippen molar-refractivity contribution in [2.75, 3.05) is 0 Å². The minimum Gasteiger partial charge on any atom is -0.0683 e. The fraction of sp³-hybridized carbons (Fsp3) is 0.182. The molecule has 0 N–H and O–H groups in total. The highest BCUT2D eigenvalue weighted by Crippen LogP contribution is 2.34. The maximum absolute atomic E-state index is 2.23. The summed E-state index contributed by atoms with van der Waals surface area (Å²) in [6.07, 6.45) is 0. The normalized spacial score (nSPS) is 9.26. The molecule has 0 aliphatic rings. The fourth-order valence-electron chi connectivity index (χ4n) is 6.54. The third-order valence-electron chi connectivity index (χ3n) is 9.13. The van der Waals surface area contributed by atoms with E-state index in [9.17, 15) is 0 Å². The molecule has 3 heteroatoms. The molecule has 0 aliphatic heterocycles. The van der Waals surface area contributed by atoms with Crippen LogP contribution in [0.15, 0.2) is 273 Å². The van der Waals surface area contributed by atoms with Crippen LogP contribution in [-0.4, -0.2) is 0 Å². The molecule has 0 unspecified atom stereocenters. The first-order valence-electron chi connectivity index (χ1n) is 25.2. The molecule has 0 saturated carbocycles. The topological polar surface area (TPSA) is 0 Å². The van der Waals surface area contributed by atoms with Gasteiger partial charge in [0, 0.05) is 0 Å². The summed E-state index contributed by atoms with van der Waals surface area (Å²) in [4.78, 5) is 0. The molecule has 0 heterocycles. The van der Waals surface area contributed by atoms with Crippen LogP contribution in [0, 0.1) is 0 Å². The predicted molar refractivity (Wildman–Crippen MR) is 324 cm³/mol. The smallest absolute Gasteiger partial charge is 0.0134 e. The molecule has 0 aromatic heterocycles. The minimum absolute atomic E-state index is 0.446. The summed E-state index contributed by atoms with van der Waals surface area (Å²) in [6.45, 7) is 24.0. The Hall–Kier alpha value is -5.73. The number of hydrogen-bond acceptors (Lipinski definition) is 0. The number of benzene rings is 9. The van der Waals surface area contributed by atoms with Crippen LogP contribution in [0.25, 0.3) is 0 Å². The monoisotopic (exact) mass is 967 g/mol. The third-order valence-corrected chi connectivity index (χ3v) is 16.5. The van der Waals surface area contributed by atoms with Gasteiger partial charge in [-0.1, -0.05) is 356 Å². The van der Waals surface area contributed by atoms with Gasteiger partial charge in [-0.25, -0.2) is 0 Å². The quantitative estimate of drug-likeness (QED) is 0.126. The Bertz CT molecular complexity index is 1850. The maximum atomic E-state index is 2.23. The molecule has 9 rings (SSSR count). The van der Waals surface area contributed by atoms with Crippen molar-refractivity contribution in [3.8, 4) is 0 Å². The van der Waals surface area contributed by atoms with Gasteiger partial charge in [0.2, 0.25) is 0 Å². The lowest BCUT2D eigenvalue weighted by atomic mass is 10.4. The molecule has 9 aromatic rings. The zero-order chi connectivity index (χ0) is 50.7. The average Bonchev–Trinajstić information content (AvgIpc) is 3.47. The summed E-state index contributed by atoms with van der Waals surface area (Å²) in [5.74, 6) is 0. The summed E-state index contributed by atoms with van der Waals surface area (Å²) in [5.41, 5.74) is 0. The molecule has 0 nitrogen and oxygen atoms in total. The SMILES string of the molecule is CC.CC.CC.CC.CC.CC.c1ccc(P(c2ccccc2)c2ccccc2)cc1.c1ccc(P(c2ccccc2)c2ccccc2)cc1.c1ccc(P(c2ccccc2)c2ccccc2)cc1. The van der Waals surface area contributed by atoms with Crippen molar-refractivity contribution in [3.05, 3.63) is 273 Å². The van der Waals surface area contributed by atoms with E-state index in [0.717, 1.165) is 0 Å². The first-order chi connectivity index (χ1) is 34.3. The number of hydrogen-bond donors (Lipinski definition) is 0. The molecular formula is C66H81P3. The van der Waals surface area contributed by atoms with Crippen molar-refractivity contribution in [1.29, 1.82) is 0 Å². The Balaban J connectivity index is 0.000000466. The van der Waals surface area contributed by atoms with Crippen molar-refractivity contribution in [2.24, 2.45) is 0 Å². The highest BCUT2D eigenvalue weighted by atomic mass is 31.1.